The maximum Gasteiger partial charge on any atom is 0.407 e. The minimum atomic E-state index is -0.867. The fraction of sp³-hybridized carbons (Fsp3) is 0.857. The Balaban J connectivity index is 2.56. The summed E-state index contributed by atoms with van der Waals surface area (Å²) in [5, 5.41) is 8.77. The molecular formula is C7H13ClN2O2. The number of likely N-dealkylation sites (N-methyl/N-ethyl adjacent to an activating group) is 1. The van der Waals surface area contributed by atoms with Crippen molar-refractivity contribution in [3.05, 3.63) is 0 Å². The molecule has 12 heavy (non-hydrogen) atoms. The maximum atomic E-state index is 10.7. The Kier molecular flexibility index (Phi) is 3.17. The number of amides is 1. The maximum absolute atomic E-state index is 10.7. The van der Waals surface area contributed by atoms with E-state index in [4.69, 9.17) is 16.7 Å². The summed E-state index contributed by atoms with van der Waals surface area (Å²) >= 11 is 5.65. The molecule has 1 saturated heterocycles. The minimum absolute atomic E-state index is 0.0529. The molecule has 1 aliphatic rings. The van der Waals surface area contributed by atoms with Crippen LogP contribution in [0, 0.1) is 0 Å². The number of carboxylic acid groups (broad SMARTS) is 1. The van der Waals surface area contributed by atoms with Crippen molar-refractivity contribution in [2.45, 2.75) is 6.04 Å². The first kappa shape index (κ1) is 9.61. The van der Waals surface area contributed by atoms with E-state index in [2.05, 4.69) is 4.90 Å². The fourth-order valence-corrected chi connectivity index (χ4v) is 1.66. The lowest BCUT2D eigenvalue weighted by atomic mass is 10.2. The molecule has 0 saturated carbocycles. The van der Waals surface area contributed by atoms with Crippen LogP contribution in [0.15, 0.2) is 0 Å². The van der Waals surface area contributed by atoms with Gasteiger partial charge in [0.1, 0.15) is 0 Å². The molecular weight excluding hydrogens is 180 g/mol. The molecule has 0 spiro atoms. The normalized spacial score (nSPS) is 25.8. The van der Waals surface area contributed by atoms with E-state index in [0.717, 1.165) is 13.1 Å². The molecule has 0 aromatic heterocycles. The van der Waals surface area contributed by atoms with Crippen LogP contribution in [0.2, 0.25) is 0 Å². The van der Waals surface area contributed by atoms with E-state index in [9.17, 15) is 4.79 Å². The van der Waals surface area contributed by atoms with E-state index in [-0.39, 0.29) is 6.04 Å². The van der Waals surface area contributed by atoms with E-state index in [1.165, 1.54) is 4.90 Å². The molecule has 4 nitrogen and oxygen atoms in total. The first-order valence-electron chi connectivity index (χ1n) is 3.89. The van der Waals surface area contributed by atoms with Crippen molar-refractivity contribution in [3.8, 4) is 0 Å². The van der Waals surface area contributed by atoms with E-state index in [1.807, 2.05) is 7.05 Å². The summed E-state index contributed by atoms with van der Waals surface area (Å²) in [6.07, 6.45) is -0.867. The molecule has 5 heteroatoms. The Hall–Kier alpha value is -0.480. The van der Waals surface area contributed by atoms with Gasteiger partial charge in [0.2, 0.25) is 0 Å². The van der Waals surface area contributed by atoms with Crippen molar-refractivity contribution in [2.75, 3.05) is 32.6 Å². The Morgan fingerprint density at radius 1 is 1.67 bits per heavy atom. The standard InChI is InChI=1S/C7H13ClN2O2/c1-9-2-3-10(7(11)12)6(4-8)5-9/h6H,2-5H2,1H3,(H,11,12). The van der Waals surface area contributed by atoms with E-state index in [1.54, 1.807) is 0 Å². The molecule has 1 aliphatic heterocycles. The van der Waals surface area contributed by atoms with Crippen molar-refractivity contribution >= 4 is 17.7 Å². The molecule has 1 unspecified atom stereocenters. The average Bonchev–Trinajstić information content (AvgIpc) is 2.03. The van der Waals surface area contributed by atoms with Gasteiger partial charge >= 0.3 is 6.09 Å². The predicted molar refractivity (Wildman–Crippen MR) is 46.7 cm³/mol. The lowest BCUT2D eigenvalue weighted by molar-refractivity contribution is 0.0855. The van der Waals surface area contributed by atoms with Crippen molar-refractivity contribution in [3.63, 3.8) is 0 Å². The summed E-state index contributed by atoms with van der Waals surface area (Å²) in [7, 11) is 1.97. The molecule has 1 rings (SSSR count). The van der Waals surface area contributed by atoms with Gasteiger partial charge in [-0.15, -0.1) is 11.6 Å². The summed E-state index contributed by atoms with van der Waals surface area (Å²) in [5.41, 5.74) is 0. The van der Waals surface area contributed by atoms with Crippen LogP contribution in [-0.4, -0.2) is 59.6 Å². The van der Waals surface area contributed by atoms with Gasteiger partial charge in [0.15, 0.2) is 0 Å². The van der Waals surface area contributed by atoms with E-state index in [0.29, 0.717) is 12.4 Å². The van der Waals surface area contributed by atoms with Crippen LogP contribution in [0.1, 0.15) is 0 Å². The lowest BCUT2D eigenvalue weighted by Crippen LogP contribution is -2.54. The zero-order valence-electron chi connectivity index (χ0n) is 7.03. The highest BCUT2D eigenvalue weighted by Crippen LogP contribution is 2.09. The number of rotatable bonds is 1. The van der Waals surface area contributed by atoms with Gasteiger partial charge in [-0.25, -0.2) is 4.79 Å². The summed E-state index contributed by atoms with van der Waals surface area (Å²) in [5.74, 6) is 0.372. The van der Waals surface area contributed by atoms with Crippen molar-refractivity contribution in [2.24, 2.45) is 0 Å². The highest BCUT2D eigenvalue weighted by atomic mass is 35.5. The van der Waals surface area contributed by atoms with Gasteiger partial charge in [-0.3, -0.25) is 0 Å². The highest BCUT2D eigenvalue weighted by Gasteiger charge is 2.27. The predicted octanol–water partition coefficient (Wildman–Crippen LogP) is 0.519. The summed E-state index contributed by atoms with van der Waals surface area (Å²) < 4.78 is 0. The zero-order chi connectivity index (χ0) is 9.14. The fourth-order valence-electron chi connectivity index (χ4n) is 1.39. The van der Waals surface area contributed by atoms with Crippen LogP contribution >= 0.6 is 11.6 Å². The van der Waals surface area contributed by atoms with Crippen LogP contribution in [0.4, 0.5) is 4.79 Å². The lowest BCUT2D eigenvalue weighted by Gasteiger charge is -2.37. The van der Waals surface area contributed by atoms with Gasteiger partial charge in [0.05, 0.1) is 6.04 Å². The van der Waals surface area contributed by atoms with Crippen molar-refractivity contribution in [1.29, 1.82) is 0 Å². The third kappa shape index (κ3) is 2.01. The van der Waals surface area contributed by atoms with Crippen molar-refractivity contribution in [1.82, 2.24) is 9.80 Å². The van der Waals surface area contributed by atoms with Gasteiger partial charge in [0.25, 0.3) is 0 Å². The first-order valence-corrected chi connectivity index (χ1v) is 4.42. The summed E-state index contributed by atoms with van der Waals surface area (Å²) in [6.45, 7) is 2.08. The van der Waals surface area contributed by atoms with Gasteiger partial charge in [-0.1, -0.05) is 0 Å². The second-order valence-electron chi connectivity index (χ2n) is 3.05. The first-order chi connectivity index (χ1) is 5.65. The third-order valence-electron chi connectivity index (χ3n) is 2.11. The molecule has 0 radical (unpaired) electrons. The molecule has 1 heterocycles. The molecule has 0 aromatic carbocycles. The smallest absolute Gasteiger partial charge is 0.407 e. The number of carbonyl (C=O) groups is 1. The number of hydrogen-bond donors (Lipinski definition) is 1. The van der Waals surface area contributed by atoms with Crippen LogP contribution < -0.4 is 0 Å². The largest absolute Gasteiger partial charge is 0.465 e. The van der Waals surface area contributed by atoms with Gasteiger partial charge in [0, 0.05) is 25.5 Å². The SMILES string of the molecule is CN1CCN(C(=O)O)C(CCl)C1. The number of halogens is 1. The Labute approximate surface area is 76.7 Å². The second-order valence-corrected chi connectivity index (χ2v) is 3.35. The van der Waals surface area contributed by atoms with Crippen LogP contribution in [0.5, 0.6) is 0 Å². The monoisotopic (exact) mass is 192 g/mol. The van der Waals surface area contributed by atoms with Crippen molar-refractivity contribution < 1.29 is 9.90 Å². The highest BCUT2D eigenvalue weighted by molar-refractivity contribution is 6.18. The summed E-state index contributed by atoms with van der Waals surface area (Å²) in [4.78, 5) is 14.2. The zero-order valence-corrected chi connectivity index (χ0v) is 7.79. The van der Waals surface area contributed by atoms with Gasteiger partial charge < -0.3 is 14.9 Å². The minimum Gasteiger partial charge on any atom is -0.465 e. The van der Waals surface area contributed by atoms with Crippen LogP contribution in [0.3, 0.4) is 0 Å². The molecule has 0 bridgehead atoms. The molecule has 0 aliphatic carbocycles. The van der Waals surface area contributed by atoms with Crippen LogP contribution in [-0.2, 0) is 0 Å². The van der Waals surface area contributed by atoms with E-state index < -0.39 is 6.09 Å². The number of hydrogen-bond acceptors (Lipinski definition) is 2. The molecule has 70 valence electrons. The Morgan fingerprint density at radius 3 is 2.83 bits per heavy atom. The number of nitrogens with zero attached hydrogens (tertiary/aromatic N) is 2. The molecule has 1 fully saturated rings. The molecule has 1 atom stereocenters. The topological polar surface area (TPSA) is 43.8 Å². The van der Waals surface area contributed by atoms with Gasteiger partial charge in [-0.2, -0.15) is 0 Å². The van der Waals surface area contributed by atoms with E-state index >= 15 is 0 Å². The average molecular weight is 193 g/mol. The molecule has 1 N–H and O–H groups in total. The third-order valence-corrected chi connectivity index (χ3v) is 2.47. The molecule has 0 aromatic rings. The quantitative estimate of drug-likeness (QED) is 0.616. The summed E-state index contributed by atoms with van der Waals surface area (Å²) in [6, 6.07) is -0.0529. The number of alkyl halides is 1. The van der Waals surface area contributed by atoms with Crippen LogP contribution in [0.25, 0.3) is 0 Å². The number of piperazine rings is 1. The molecule has 1 amide bonds. The second kappa shape index (κ2) is 3.96. The Bertz CT molecular complexity index is 177. The Morgan fingerprint density at radius 2 is 2.33 bits per heavy atom. The van der Waals surface area contributed by atoms with Gasteiger partial charge in [-0.05, 0) is 7.05 Å².